The average Bonchev–Trinajstić information content (AvgIpc) is 2.90. The second-order valence-corrected chi connectivity index (χ2v) is 6.98. The molecule has 10 heteroatoms. The van der Waals surface area contributed by atoms with Gasteiger partial charge in [0.1, 0.15) is 11.4 Å². The number of benzene rings is 1. The van der Waals surface area contributed by atoms with E-state index in [0.717, 1.165) is 0 Å². The maximum Gasteiger partial charge on any atom is 0.430 e. The average molecular weight is 367 g/mol. The van der Waals surface area contributed by atoms with Crippen molar-refractivity contribution < 1.29 is 30.5 Å². The highest BCUT2D eigenvalue weighted by Crippen LogP contribution is 2.45. The van der Waals surface area contributed by atoms with Gasteiger partial charge in [0.15, 0.2) is 10.6 Å². The van der Waals surface area contributed by atoms with Gasteiger partial charge >= 0.3 is 16.3 Å². The fraction of sp³-hybridized carbons (Fsp3) is 0.308. The third-order valence-corrected chi connectivity index (χ3v) is 4.84. The molecular weight excluding hydrogens is 355 g/mol. The Kier molecular flexibility index (Phi) is 4.85. The van der Waals surface area contributed by atoms with Gasteiger partial charge in [-0.05, 0) is 42.7 Å². The number of halogens is 3. The van der Waals surface area contributed by atoms with Crippen LogP contribution in [0.4, 0.5) is 13.2 Å². The molecule has 0 amide bonds. The lowest BCUT2D eigenvalue weighted by atomic mass is 10.1. The number of nitrogens with zero attached hydrogens (tertiary/aromatic N) is 1. The summed E-state index contributed by atoms with van der Waals surface area (Å²) in [4.78, 5) is -1.19. The van der Waals surface area contributed by atoms with Crippen LogP contribution >= 0.6 is 11.5 Å². The van der Waals surface area contributed by atoms with Crippen molar-refractivity contribution in [3.05, 3.63) is 29.1 Å². The van der Waals surface area contributed by atoms with Crippen LogP contribution in [0.25, 0.3) is 11.3 Å². The Labute approximate surface area is 135 Å². The van der Waals surface area contributed by atoms with Crippen molar-refractivity contribution in [1.82, 2.24) is 4.37 Å². The topological polar surface area (TPSA) is 65.5 Å². The van der Waals surface area contributed by atoms with Crippen molar-refractivity contribution in [3.63, 3.8) is 0 Å². The summed E-state index contributed by atoms with van der Waals surface area (Å²) in [6.07, 6.45) is -4.76. The van der Waals surface area contributed by atoms with E-state index in [1.807, 2.05) is 0 Å². The number of alkyl halides is 3. The van der Waals surface area contributed by atoms with Crippen molar-refractivity contribution in [3.8, 4) is 22.8 Å². The lowest BCUT2D eigenvalue weighted by Crippen LogP contribution is -2.14. The highest BCUT2D eigenvalue weighted by atomic mass is 32.2. The Morgan fingerprint density at radius 1 is 1.22 bits per heavy atom. The molecule has 0 radical (unpaired) electrons. The van der Waals surface area contributed by atoms with Crippen molar-refractivity contribution in [2.75, 3.05) is 12.9 Å². The maximum atomic E-state index is 13.1. The van der Waals surface area contributed by atoms with E-state index in [0.29, 0.717) is 11.3 Å². The molecule has 23 heavy (non-hydrogen) atoms. The first-order chi connectivity index (χ1) is 10.7. The summed E-state index contributed by atoms with van der Waals surface area (Å²) >= 11 is 0.143. The minimum absolute atomic E-state index is 0.143. The number of hydrogen-bond acceptors (Lipinski definition) is 6. The van der Waals surface area contributed by atoms with E-state index in [4.69, 9.17) is 4.74 Å². The molecule has 1 aromatic heterocycles. The van der Waals surface area contributed by atoms with Gasteiger partial charge in [-0.15, -0.1) is 0 Å². The highest BCUT2D eigenvalue weighted by Gasteiger charge is 2.40. The van der Waals surface area contributed by atoms with Crippen LogP contribution in [0.15, 0.2) is 24.3 Å². The molecule has 2 rings (SSSR count). The minimum atomic E-state index is -4.76. The molecule has 5 nitrogen and oxygen atoms in total. The second kappa shape index (κ2) is 6.36. The van der Waals surface area contributed by atoms with Crippen LogP contribution in [-0.2, 0) is 16.3 Å². The molecule has 0 unspecified atom stereocenters. The smallest absolute Gasteiger partial charge is 0.430 e. The Morgan fingerprint density at radius 2 is 1.83 bits per heavy atom. The van der Waals surface area contributed by atoms with Crippen LogP contribution in [0, 0.1) is 0 Å². The van der Waals surface area contributed by atoms with E-state index in [1.54, 1.807) is 0 Å². The van der Waals surface area contributed by atoms with Crippen molar-refractivity contribution >= 4 is 21.7 Å². The molecule has 2 aromatic rings. The fourth-order valence-corrected chi connectivity index (χ4v) is 2.94. The highest BCUT2D eigenvalue weighted by molar-refractivity contribution is 7.87. The predicted molar refractivity (Wildman–Crippen MR) is 79.2 cm³/mol. The zero-order chi connectivity index (χ0) is 17.3. The van der Waals surface area contributed by atoms with Gasteiger partial charge in [0.05, 0.1) is 12.9 Å². The molecule has 0 aliphatic rings. The van der Waals surface area contributed by atoms with Crippen molar-refractivity contribution in [2.45, 2.75) is 13.1 Å². The second-order valence-electron chi connectivity index (χ2n) is 4.35. The van der Waals surface area contributed by atoms with Crippen LogP contribution in [0.5, 0.6) is 11.5 Å². The molecule has 0 saturated carbocycles. The van der Waals surface area contributed by atoms with E-state index < -0.39 is 32.7 Å². The maximum absolute atomic E-state index is 13.1. The van der Waals surface area contributed by atoms with Crippen LogP contribution in [0.3, 0.4) is 0 Å². The Balaban J connectivity index is 2.57. The molecule has 1 aromatic carbocycles. The molecule has 1 heterocycles. The van der Waals surface area contributed by atoms with Gasteiger partial charge < -0.3 is 8.92 Å². The first kappa shape index (κ1) is 17.5. The third kappa shape index (κ3) is 3.94. The number of rotatable bonds is 5. The van der Waals surface area contributed by atoms with Gasteiger partial charge in [-0.25, -0.2) is 0 Å². The Bertz CT molecular complexity index is 783. The van der Waals surface area contributed by atoms with E-state index in [-0.39, 0.29) is 17.2 Å². The summed E-state index contributed by atoms with van der Waals surface area (Å²) in [5.41, 5.74) is 0.112. The van der Waals surface area contributed by atoms with Crippen LogP contribution < -0.4 is 8.92 Å². The lowest BCUT2D eigenvalue weighted by Gasteiger charge is -2.10. The summed E-state index contributed by atoms with van der Waals surface area (Å²) in [5, 5.41) is 0. The zero-order valence-electron chi connectivity index (χ0n) is 12.0. The number of methoxy groups -OCH3 is 1. The molecule has 0 fully saturated rings. The van der Waals surface area contributed by atoms with Gasteiger partial charge in [0.25, 0.3) is 0 Å². The van der Waals surface area contributed by atoms with E-state index in [9.17, 15) is 21.6 Å². The molecule has 0 spiro atoms. The number of aromatic nitrogens is 1. The van der Waals surface area contributed by atoms with Gasteiger partial charge in [-0.2, -0.15) is 26.0 Å². The van der Waals surface area contributed by atoms with E-state index in [1.165, 1.54) is 38.3 Å². The van der Waals surface area contributed by atoms with Crippen LogP contribution in [-0.4, -0.2) is 25.7 Å². The molecule has 0 aliphatic carbocycles. The summed E-state index contributed by atoms with van der Waals surface area (Å²) in [6, 6.07) is 6.00. The molecular formula is C13H12F3NO4S2. The van der Waals surface area contributed by atoms with Crippen LogP contribution in [0.2, 0.25) is 0 Å². The summed E-state index contributed by atoms with van der Waals surface area (Å²) in [7, 11) is -2.68. The predicted octanol–water partition coefficient (Wildman–Crippen LogP) is 3.57. The number of ether oxygens (including phenoxy) is 1. The van der Waals surface area contributed by atoms with Gasteiger partial charge in [-0.1, -0.05) is 0 Å². The first-order valence-electron chi connectivity index (χ1n) is 6.31. The first-order valence-corrected chi connectivity index (χ1v) is 8.66. The van der Waals surface area contributed by atoms with E-state index >= 15 is 0 Å². The van der Waals surface area contributed by atoms with Gasteiger partial charge in [0.2, 0.25) is 0 Å². The largest absolute Gasteiger partial charge is 0.497 e. The van der Waals surface area contributed by atoms with Crippen molar-refractivity contribution in [1.29, 1.82) is 0 Å². The zero-order valence-corrected chi connectivity index (χ0v) is 13.7. The molecule has 126 valence electrons. The summed E-state index contributed by atoms with van der Waals surface area (Å²) in [6.45, 7) is 1.27. The van der Waals surface area contributed by atoms with Crippen molar-refractivity contribution in [2.24, 2.45) is 0 Å². The SMILES string of the molecule is CCS(=O)(=O)Oc1c(-c2ccc(OC)cc2)nsc1C(F)(F)F. The quantitative estimate of drug-likeness (QED) is 0.756. The monoisotopic (exact) mass is 367 g/mol. The Morgan fingerprint density at radius 3 is 2.30 bits per heavy atom. The molecule has 0 N–H and O–H groups in total. The molecule has 0 aliphatic heterocycles. The molecule has 0 atom stereocenters. The van der Waals surface area contributed by atoms with Crippen LogP contribution in [0.1, 0.15) is 11.8 Å². The Hall–Kier alpha value is -1.81. The summed E-state index contributed by atoms with van der Waals surface area (Å²) < 4.78 is 75.7. The fourth-order valence-electron chi connectivity index (χ4n) is 1.66. The number of hydrogen-bond donors (Lipinski definition) is 0. The standard InChI is InChI=1S/C13H12F3NO4S2/c1-3-23(18,19)21-11-10(17-22-12(11)13(14,15)16)8-4-6-9(20-2)7-5-8/h4-7H,3H2,1-2H3. The third-order valence-electron chi connectivity index (χ3n) is 2.83. The normalized spacial score (nSPS) is 12.2. The van der Waals surface area contributed by atoms with E-state index in [2.05, 4.69) is 8.56 Å². The minimum Gasteiger partial charge on any atom is -0.497 e. The molecule has 0 bridgehead atoms. The van der Waals surface area contributed by atoms with Gasteiger partial charge in [0, 0.05) is 5.56 Å². The summed E-state index contributed by atoms with van der Waals surface area (Å²) in [5.74, 6) is -0.749. The lowest BCUT2D eigenvalue weighted by molar-refractivity contribution is -0.135. The van der Waals surface area contributed by atoms with Gasteiger partial charge in [-0.3, -0.25) is 0 Å². The molecule has 0 saturated heterocycles.